The van der Waals surface area contributed by atoms with Crippen LogP contribution in [0.3, 0.4) is 0 Å². The van der Waals surface area contributed by atoms with Gasteiger partial charge in [-0.1, -0.05) is 36.4 Å². The van der Waals surface area contributed by atoms with Gasteiger partial charge in [-0.15, -0.1) is 0 Å². The first-order valence-electron chi connectivity index (χ1n) is 5.95. The molecule has 2 N–H and O–H groups in total. The molecule has 20 heavy (non-hydrogen) atoms. The molecule has 0 aliphatic rings. The molecule has 2 aromatic rings. The minimum atomic E-state index is -1.53. The van der Waals surface area contributed by atoms with Gasteiger partial charge in [0.15, 0.2) is 6.10 Å². The van der Waals surface area contributed by atoms with E-state index in [2.05, 4.69) is 15.9 Å². The fourth-order valence-corrected chi connectivity index (χ4v) is 2.19. The first-order chi connectivity index (χ1) is 9.58. The molecule has 0 heterocycles. The van der Waals surface area contributed by atoms with Crippen LogP contribution in [0.4, 0.5) is 0 Å². The van der Waals surface area contributed by atoms with Crippen molar-refractivity contribution in [3.8, 4) is 5.75 Å². The molecule has 0 saturated heterocycles. The first-order valence-corrected chi connectivity index (χ1v) is 6.74. The predicted molar refractivity (Wildman–Crippen MR) is 77.5 cm³/mol. The molecule has 0 amide bonds. The van der Waals surface area contributed by atoms with Gasteiger partial charge in [0.25, 0.3) is 0 Å². The lowest BCUT2D eigenvalue weighted by atomic mass is 10.1. The van der Waals surface area contributed by atoms with E-state index < -0.39 is 12.1 Å². The van der Waals surface area contributed by atoms with Crippen molar-refractivity contribution < 1.29 is 19.7 Å². The Labute approximate surface area is 124 Å². The van der Waals surface area contributed by atoms with Gasteiger partial charge in [0.1, 0.15) is 12.4 Å². The van der Waals surface area contributed by atoms with E-state index in [4.69, 9.17) is 9.84 Å². The quantitative estimate of drug-likeness (QED) is 0.880. The van der Waals surface area contributed by atoms with Gasteiger partial charge in [-0.05, 0) is 39.2 Å². The first kappa shape index (κ1) is 14.6. The molecule has 1 unspecified atom stereocenters. The zero-order valence-corrected chi connectivity index (χ0v) is 12.1. The maximum atomic E-state index is 10.7. The maximum absolute atomic E-state index is 10.7. The molecular formula is C15H13BrO4. The lowest BCUT2D eigenvalue weighted by molar-refractivity contribution is -0.146. The second-order valence-corrected chi connectivity index (χ2v) is 5.06. The van der Waals surface area contributed by atoms with Gasteiger partial charge >= 0.3 is 5.97 Å². The third-order valence-corrected chi connectivity index (χ3v) is 3.36. The minimum absolute atomic E-state index is 0.302. The average molecular weight is 337 g/mol. The fraction of sp³-hybridized carbons (Fsp3) is 0.133. The van der Waals surface area contributed by atoms with Crippen LogP contribution in [0.5, 0.6) is 5.75 Å². The third-order valence-electron chi connectivity index (χ3n) is 2.74. The Kier molecular flexibility index (Phi) is 4.76. The molecule has 0 spiro atoms. The van der Waals surface area contributed by atoms with E-state index in [0.29, 0.717) is 22.4 Å². The van der Waals surface area contributed by atoms with Crippen LogP contribution in [0.2, 0.25) is 0 Å². The van der Waals surface area contributed by atoms with E-state index in [1.807, 2.05) is 30.3 Å². The highest BCUT2D eigenvalue weighted by molar-refractivity contribution is 9.10. The number of ether oxygens (including phenoxy) is 1. The number of aliphatic hydroxyl groups excluding tert-OH is 1. The van der Waals surface area contributed by atoms with Crippen molar-refractivity contribution >= 4 is 21.9 Å². The van der Waals surface area contributed by atoms with Gasteiger partial charge in [0.05, 0.1) is 4.47 Å². The summed E-state index contributed by atoms with van der Waals surface area (Å²) in [5.41, 5.74) is 1.34. The number of carboxylic acid groups (broad SMARTS) is 1. The number of aliphatic carboxylic acids is 1. The summed E-state index contributed by atoms with van der Waals surface area (Å²) in [7, 11) is 0. The highest BCUT2D eigenvalue weighted by Gasteiger charge is 2.17. The Balaban J connectivity index is 2.08. The number of hydrogen-bond acceptors (Lipinski definition) is 3. The third kappa shape index (κ3) is 3.59. The van der Waals surface area contributed by atoms with Crippen molar-refractivity contribution in [3.63, 3.8) is 0 Å². The molecule has 104 valence electrons. The van der Waals surface area contributed by atoms with E-state index in [1.165, 1.54) is 6.07 Å². The molecule has 4 nitrogen and oxygen atoms in total. The normalized spacial score (nSPS) is 11.9. The zero-order valence-electron chi connectivity index (χ0n) is 10.5. The monoisotopic (exact) mass is 336 g/mol. The lowest BCUT2D eigenvalue weighted by Gasteiger charge is -2.11. The van der Waals surface area contributed by atoms with Crippen molar-refractivity contribution in [2.45, 2.75) is 12.7 Å². The molecule has 0 bridgehead atoms. The van der Waals surface area contributed by atoms with Crippen LogP contribution in [-0.4, -0.2) is 16.2 Å². The Morgan fingerprint density at radius 1 is 1.20 bits per heavy atom. The van der Waals surface area contributed by atoms with Gasteiger partial charge in [-0.3, -0.25) is 0 Å². The summed E-state index contributed by atoms with van der Waals surface area (Å²) in [6.45, 7) is 0.417. The summed E-state index contributed by atoms with van der Waals surface area (Å²) in [6, 6.07) is 14.4. The summed E-state index contributed by atoms with van der Waals surface area (Å²) in [6.07, 6.45) is -1.53. The molecule has 1 atom stereocenters. The van der Waals surface area contributed by atoms with Crippen LogP contribution < -0.4 is 4.74 Å². The fourth-order valence-electron chi connectivity index (χ4n) is 1.68. The van der Waals surface area contributed by atoms with E-state index in [9.17, 15) is 9.90 Å². The molecule has 0 aliphatic carbocycles. The molecule has 0 fully saturated rings. The number of benzene rings is 2. The Morgan fingerprint density at radius 2 is 1.90 bits per heavy atom. The summed E-state index contributed by atoms with van der Waals surface area (Å²) >= 11 is 3.31. The maximum Gasteiger partial charge on any atom is 0.337 e. The van der Waals surface area contributed by atoms with Crippen molar-refractivity contribution in [3.05, 3.63) is 64.1 Å². The molecule has 2 aromatic carbocycles. The number of hydrogen-bond donors (Lipinski definition) is 2. The molecular weight excluding hydrogens is 324 g/mol. The second kappa shape index (κ2) is 6.54. The minimum Gasteiger partial charge on any atom is -0.488 e. The lowest BCUT2D eigenvalue weighted by Crippen LogP contribution is -2.10. The highest BCUT2D eigenvalue weighted by Crippen LogP contribution is 2.29. The summed E-state index contributed by atoms with van der Waals surface area (Å²) in [4.78, 5) is 10.7. The van der Waals surface area contributed by atoms with Crippen LogP contribution in [-0.2, 0) is 11.4 Å². The van der Waals surface area contributed by atoms with Crippen LogP contribution >= 0.6 is 15.9 Å². The van der Waals surface area contributed by atoms with Crippen molar-refractivity contribution in [2.75, 3.05) is 0 Å². The molecule has 5 heteroatoms. The number of rotatable bonds is 5. The Hall–Kier alpha value is -1.85. The molecule has 2 rings (SSSR count). The van der Waals surface area contributed by atoms with Crippen LogP contribution in [0.25, 0.3) is 0 Å². The smallest absolute Gasteiger partial charge is 0.337 e. The zero-order chi connectivity index (χ0) is 14.5. The van der Waals surface area contributed by atoms with Gasteiger partial charge in [-0.2, -0.15) is 0 Å². The summed E-state index contributed by atoms with van der Waals surface area (Å²) < 4.78 is 6.25. The number of aliphatic hydroxyl groups is 1. The number of carboxylic acids is 1. The molecule has 0 saturated carbocycles. The van der Waals surface area contributed by atoms with E-state index in [1.54, 1.807) is 12.1 Å². The van der Waals surface area contributed by atoms with Gasteiger partial charge in [-0.25, -0.2) is 4.79 Å². The summed E-state index contributed by atoms with van der Waals surface area (Å²) in [5, 5.41) is 18.2. The van der Waals surface area contributed by atoms with Gasteiger partial charge in [0, 0.05) is 0 Å². The van der Waals surface area contributed by atoms with Gasteiger partial charge in [0.2, 0.25) is 0 Å². The number of halogens is 1. The van der Waals surface area contributed by atoms with Crippen LogP contribution in [0, 0.1) is 0 Å². The van der Waals surface area contributed by atoms with E-state index in [0.717, 1.165) is 5.56 Å². The van der Waals surface area contributed by atoms with Crippen molar-refractivity contribution in [1.82, 2.24) is 0 Å². The van der Waals surface area contributed by atoms with Gasteiger partial charge < -0.3 is 14.9 Å². The van der Waals surface area contributed by atoms with Crippen molar-refractivity contribution in [1.29, 1.82) is 0 Å². The van der Waals surface area contributed by atoms with Crippen LogP contribution in [0.15, 0.2) is 53.0 Å². The van der Waals surface area contributed by atoms with Crippen LogP contribution in [0.1, 0.15) is 17.2 Å². The van der Waals surface area contributed by atoms with E-state index >= 15 is 0 Å². The average Bonchev–Trinajstić information content (AvgIpc) is 2.46. The largest absolute Gasteiger partial charge is 0.488 e. The van der Waals surface area contributed by atoms with Crippen molar-refractivity contribution in [2.24, 2.45) is 0 Å². The standard InChI is InChI=1S/C15H13BrO4/c16-12-8-11(14(17)15(18)19)6-7-13(12)20-9-10-4-2-1-3-5-10/h1-8,14,17H,9H2,(H,18,19). The summed E-state index contributed by atoms with van der Waals surface area (Å²) in [5.74, 6) is -0.690. The van der Waals surface area contributed by atoms with E-state index in [-0.39, 0.29) is 0 Å². The number of carbonyl (C=O) groups is 1. The second-order valence-electron chi connectivity index (χ2n) is 4.20. The predicted octanol–water partition coefficient (Wildman–Crippen LogP) is 3.15. The molecule has 0 aliphatic heterocycles. The molecule has 0 aromatic heterocycles. The SMILES string of the molecule is O=C(O)C(O)c1ccc(OCc2ccccc2)c(Br)c1. The Bertz CT molecular complexity index is 598. The highest BCUT2D eigenvalue weighted by atomic mass is 79.9. The Morgan fingerprint density at radius 3 is 2.50 bits per heavy atom. The molecule has 0 radical (unpaired) electrons. The topological polar surface area (TPSA) is 66.8 Å².